The Morgan fingerprint density at radius 3 is 2.85 bits per heavy atom. The molecule has 0 spiro atoms. The molecule has 2 N–H and O–H groups in total. The maximum atomic E-state index is 9.67. The molecule has 1 atom stereocenters. The van der Waals surface area contributed by atoms with E-state index >= 15 is 0 Å². The normalized spacial score (nSPS) is 15.0. The molecule has 0 aromatic carbocycles. The van der Waals surface area contributed by atoms with E-state index in [1.165, 1.54) is 0 Å². The molecule has 0 aliphatic heterocycles. The second-order valence-corrected chi connectivity index (χ2v) is 3.29. The Morgan fingerprint density at radius 2 is 2.31 bits per heavy atom. The van der Waals surface area contributed by atoms with Gasteiger partial charge >= 0.3 is 0 Å². The van der Waals surface area contributed by atoms with E-state index in [-0.39, 0.29) is 0 Å². The van der Waals surface area contributed by atoms with Crippen LogP contribution in [0.15, 0.2) is 18.6 Å². The van der Waals surface area contributed by atoms with Crippen molar-refractivity contribution in [3.63, 3.8) is 0 Å². The molecule has 13 heavy (non-hydrogen) atoms. The van der Waals surface area contributed by atoms with E-state index in [9.17, 15) is 5.11 Å². The lowest BCUT2D eigenvalue weighted by atomic mass is 10.0. The van der Waals surface area contributed by atoms with E-state index in [1.807, 2.05) is 6.92 Å². The number of nitrogens with one attached hydrogen (secondary N) is 1. The summed E-state index contributed by atoms with van der Waals surface area (Å²) in [6.45, 7) is 4.22. The minimum absolute atomic E-state index is 0.488. The van der Waals surface area contributed by atoms with Crippen molar-refractivity contribution in [3.05, 3.63) is 18.6 Å². The third-order valence-electron chi connectivity index (χ3n) is 1.98. The van der Waals surface area contributed by atoms with Gasteiger partial charge in [0.05, 0.1) is 11.8 Å². The molecule has 0 aliphatic rings. The van der Waals surface area contributed by atoms with Gasteiger partial charge in [0, 0.05) is 18.9 Å². The first-order valence-electron chi connectivity index (χ1n) is 4.36. The predicted molar refractivity (Wildman–Crippen MR) is 51.4 cm³/mol. The van der Waals surface area contributed by atoms with Gasteiger partial charge in [-0.25, -0.2) is 4.98 Å². The van der Waals surface area contributed by atoms with Gasteiger partial charge in [0.25, 0.3) is 0 Å². The van der Waals surface area contributed by atoms with Crippen molar-refractivity contribution in [1.82, 2.24) is 9.97 Å². The van der Waals surface area contributed by atoms with Gasteiger partial charge in [-0.2, -0.15) is 0 Å². The maximum absolute atomic E-state index is 9.67. The summed E-state index contributed by atoms with van der Waals surface area (Å²) in [5.41, 5.74) is -0.683. The largest absolute Gasteiger partial charge is 0.388 e. The molecule has 1 aromatic rings. The summed E-state index contributed by atoms with van der Waals surface area (Å²) < 4.78 is 0. The molecule has 72 valence electrons. The van der Waals surface area contributed by atoms with Crippen LogP contribution in [0.2, 0.25) is 0 Å². The highest BCUT2D eigenvalue weighted by Crippen LogP contribution is 2.09. The van der Waals surface area contributed by atoms with Crippen LogP contribution in [0.25, 0.3) is 0 Å². The summed E-state index contributed by atoms with van der Waals surface area (Å²) in [6.07, 6.45) is 5.57. The van der Waals surface area contributed by atoms with Crippen molar-refractivity contribution < 1.29 is 5.11 Å². The molecular formula is C9H15N3O. The summed E-state index contributed by atoms with van der Waals surface area (Å²) in [4.78, 5) is 7.94. The van der Waals surface area contributed by atoms with Crippen molar-refractivity contribution >= 4 is 5.82 Å². The summed E-state index contributed by atoms with van der Waals surface area (Å²) in [6, 6.07) is 0. The highest BCUT2D eigenvalue weighted by molar-refractivity contribution is 5.30. The fourth-order valence-corrected chi connectivity index (χ4v) is 0.796. The molecule has 0 saturated carbocycles. The van der Waals surface area contributed by atoms with Gasteiger partial charge in [-0.05, 0) is 13.3 Å². The van der Waals surface area contributed by atoms with Crippen LogP contribution in [0.4, 0.5) is 5.82 Å². The van der Waals surface area contributed by atoms with Crippen LogP contribution in [0.3, 0.4) is 0 Å². The van der Waals surface area contributed by atoms with Gasteiger partial charge in [-0.15, -0.1) is 0 Å². The first-order chi connectivity index (χ1) is 6.14. The number of hydrogen-bond donors (Lipinski definition) is 2. The SMILES string of the molecule is CCC(C)(O)CNc1cnccn1. The molecule has 0 aliphatic carbocycles. The summed E-state index contributed by atoms with van der Waals surface area (Å²) >= 11 is 0. The van der Waals surface area contributed by atoms with Gasteiger partial charge in [-0.3, -0.25) is 4.98 Å². The second-order valence-electron chi connectivity index (χ2n) is 3.29. The van der Waals surface area contributed by atoms with Crippen molar-refractivity contribution in [2.24, 2.45) is 0 Å². The Labute approximate surface area is 78.0 Å². The van der Waals surface area contributed by atoms with Crippen molar-refractivity contribution in [3.8, 4) is 0 Å². The lowest BCUT2D eigenvalue weighted by molar-refractivity contribution is 0.0696. The van der Waals surface area contributed by atoms with E-state index in [4.69, 9.17) is 0 Å². The zero-order valence-corrected chi connectivity index (χ0v) is 7.99. The zero-order valence-electron chi connectivity index (χ0n) is 7.99. The fraction of sp³-hybridized carbons (Fsp3) is 0.556. The molecule has 4 heteroatoms. The molecular weight excluding hydrogens is 166 g/mol. The topological polar surface area (TPSA) is 58.0 Å². The molecule has 0 radical (unpaired) electrons. The van der Waals surface area contributed by atoms with E-state index in [1.54, 1.807) is 25.5 Å². The Bertz CT molecular complexity index is 248. The third kappa shape index (κ3) is 3.38. The molecule has 1 heterocycles. The molecule has 0 bridgehead atoms. The Hall–Kier alpha value is -1.16. The lowest BCUT2D eigenvalue weighted by Crippen LogP contribution is -2.32. The van der Waals surface area contributed by atoms with E-state index in [2.05, 4.69) is 15.3 Å². The standard InChI is InChI=1S/C9H15N3O/c1-3-9(2,13)7-12-8-6-10-4-5-11-8/h4-6,13H,3,7H2,1-2H3,(H,11,12). The number of aliphatic hydroxyl groups is 1. The number of anilines is 1. The number of aromatic nitrogens is 2. The average molecular weight is 181 g/mol. The van der Waals surface area contributed by atoms with Gasteiger partial charge in [0.15, 0.2) is 0 Å². The average Bonchev–Trinajstić information content (AvgIpc) is 2.17. The fourth-order valence-electron chi connectivity index (χ4n) is 0.796. The minimum Gasteiger partial charge on any atom is -0.388 e. The highest BCUT2D eigenvalue weighted by atomic mass is 16.3. The maximum Gasteiger partial charge on any atom is 0.144 e. The van der Waals surface area contributed by atoms with Gasteiger partial charge in [-0.1, -0.05) is 6.92 Å². The molecule has 1 rings (SSSR count). The van der Waals surface area contributed by atoms with E-state index in [0.717, 1.165) is 0 Å². The van der Waals surface area contributed by atoms with Crippen LogP contribution in [-0.2, 0) is 0 Å². The van der Waals surface area contributed by atoms with Gasteiger partial charge in [0.1, 0.15) is 5.82 Å². The second kappa shape index (κ2) is 4.18. The number of nitrogens with zero attached hydrogens (tertiary/aromatic N) is 2. The molecule has 1 aromatic heterocycles. The van der Waals surface area contributed by atoms with Crippen LogP contribution in [0.5, 0.6) is 0 Å². The third-order valence-corrected chi connectivity index (χ3v) is 1.98. The van der Waals surface area contributed by atoms with Crippen molar-refractivity contribution in [2.75, 3.05) is 11.9 Å². The molecule has 0 saturated heterocycles. The van der Waals surface area contributed by atoms with Gasteiger partial charge in [0.2, 0.25) is 0 Å². The van der Waals surface area contributed by atoms with E-state index in [0.29, 0.717) is 18.8 Å². The van der Waals surface area contributed by atoms with Crippen LogP contribution in [0, 0.1) is 0 Å². The summed E-state index contributed by atoms with van der Waals surface area (Å²) in [5, 5.41) is 12.7. The first-order valence-corrected chi connectivity index (χ1v) is 4.36. The van der Waals surface area contributed by atoms with Crippen LogP contribution in [-0.4, -0.2) is 27.2 Å². The quantitative estimate of drug-likeness (QED) is 0.729. The Morgan fingerprint density at radius 1 is 1.54 bits per heavy atom. The smallest absolute Gasteiger partial charge is 0.144 e. The highest BCUT2D eigenvalue weighted by Gasteiger charge is 2.16. The Kier molecular flexibility index (Phi) is 3.19. The number of rotatable bonds is 4. The molecule has 0 fully saturated rings. The predicted octanol–water partition coefficient (Wildman–Crippen LogP) is 1.05. The summed E-state index contributed by atoms with van der Waals surface area (Å²) in [7, 11) is 0. The Balaban J connectivity index is 2.44. The van der Waals surface area contributed by atoms with Crippen LogP contribution >= 0.6 is 0 Å². The first kappa shape index (κ1) is 9.92. The van der Waals surface area contributed by atoms with Crippen molar-refractivity contribution in [1.29, 1.82) is 0 Å². The molecule has 4 nitrogen and oxygen atoms in total. The van der Waals surface area contributed by atoms with Crippen molar-refractivity contribution in [2.45, 2.75) is 25.9 Å². The lowest BCUT2D eigenvalue weighted by Gasteiger charge is -2.21. The molecule has 1 unspecified atom stereocenters. The zero-order chi connectivity index (χ0) is 9.73. The molecule has 0 amide bonds. The van der Waals surface area contributed by atoms with Crippen LogP contribution < -0.4 is 5.32 Å². The van der Waals surface area contributed by atoms with E-state index < -0.39 is 5.60 Å². The van der Waals surface area contributed by atoms with Gasteiger partial charge < -0.3 is 10.4 Å². The number of hydrogen-bond acceptors (Lipinski definition) is 4. The minimum atomic E-state index is -0.683. The monoisotopic (exact) mass is 181 g/mol. The van der Waals surface area contributed by atoms with Crippen LogP contribution in [0.1, 0.15) is 20.3 Å². The summed E-state index contributed by atoms with van der Waals surface area (Å²) in [5.74, 6) is 0.691.